The fraction of sp³-hybridized carbons (Fsp3) is 0.560. The van der Waals surface area contributed by atoms with Gasteiger partial charge in [0.15, 0.2) is 0 Å². The van der Waals surface area contributed by atoms with Crippen molar-refractivity contribution < 1.29 is 24.2 Å². The zero-order chi connectivity index (χ0) is 24.7. The van der Waals surface area contributed by atoms with E-state index in [4.69, 9.17) is 10.5 Å². The summed E-state index contributed by atoms with van der Waals surface area (Å²) in [6, 6.07) is 5.94. The maximum absolute atomic E-state index is 13.5. The van der Waals surface area contributed by atoms with Gasteiger partial charge in [0.1, 0.15) is 18.0 Å². The number of methoxy groups -OCH3 is 1. The quantitative estimate of drug-likeness (QED) is 0.377. The zero-order valence-electron chi connectivity index (χ0n) is 19.9. The molecule has 5 rings (SSSR count). The van der Waals surface area contributed by atoms with Gasteiger partial charge in [0, 0.05) is 29.9 Å². The average molecular weight is 484 g/mol. The number of aromatic nitrogens is 1. The van der Waals surface area contributed by atoms with Crippen LogP contribution in [-0.4, -0.2) is 65.0 Å². The zero-order valence-corrected chi connectivity index (χ0v) is 19.9. The Morgan fingerprint density at radius 1 is 1.37 bits per heavy atom. The summed E-state index contributed by atoms with van der Waals surface area (Å²) in [5.74, 6) is -0.778. The van der Waals surface area contributed by atoms with Crippen LogP contribution in [-0.2, 0) is 14.4 Å². The lowest BCUT2D eigenvalue weighted by molar-refractivity contribution is -0.134. The molecule has 35 heavy (non-hydrogen) atoms. The molecule has 10 nitrogen and oxygen atoms in total. The van der Waals surface area contributed by atoms with Crippen LogP contribution in [0.1, 0.15) is 50.4 Å². The summed E-state index contributed by atoms with van der Waals surface area (Å²) in [6.07, 6.45) is 3.46. The molecule has 6 N–H and O–H groups in total. The number of hydrogen-bond donors (Lipinski definition) is 5. The van der Waals surface area contributed by atoms with Gasteiger partial charge in [-0.2, -0.15) is 0 Å². The van der Waals surface area contributed by atoms with E-state index in [-0.39, 0.29) is 29.6 Å². The highest BCUT2D eigenvalue weighted by atomic mass is 16.5. The number of carbonyl (C=O) groups excluding carboxylic acids is 3. The summed E-state index contributed by atoms with van der Waals surface area (Å²) < 4.78 is 5.44. The van der Waals surface area contributed by atoms with Gasteiger partial charge in [-0.1, -0.05) is 12.5 Å². The van der Waals surface area contributed by atoms with Crippen LogP contribution in [0.15, 0.2) is 24.3 Å². The highest BCUT2D eigenvalue weighted by Gasteiger charge is 2.52. The second-order valence-electron chi connectivity index (χ2n) is 10.2. The van der Waals surface area contributed by atoms with E-state index in [9.17, 15) is 19.5 Å². The lowest BCUT2D eigenvalue weighted by Gasteiger charge is -2.38. The van der Waals surface area contributed by atoms with E-state index in [1.807, 2.05) is 29.2 Å². The number of likely N-dealkylation sites (tertiary alicyclic amines) is 1. The van der Waals surface area contributed by atoms with Gasteiger partial charge in [0.25, 0.3) is 0 Å². The molecule has 188 valence electrons. The normalized spacial score (nSPS) is 25.3. The van der Waals surface area contributed by atoms with E-state index in [0.29, 0.717) is 37.4 Å². The number of benzene rings is 1. The Labute approximate surface area is 203 Å². The lowest BCUT2D eigenvalue weighted by Crippen LogP contribution is -2.52. The third kappa shape index (κ3) is 4.36. The molecule has 2 aromatic rings. The van der Waals surface area contributed by atoms with Crippen LogP contribution < -0.4 is 21.1 Å². The summed E-state index contributed by atoms with van der Waals surface area (Å²) in [7, 11) is 1.60. The minimum Gasteiger partial charge on any atom is -0.496 e. The number of primary amides is 1. The standard InChI is InChI=1S/C25H33N5O5/c1-35-20-5-2-4-16-15(20)11-18(28-16)24(34)30-13-25(7-3-8-25)12-19(30)23(33)29-17(21(26)31)10-14-6-9-27-22(14)32/h2,4-5,11,14,17,19,24,28,34H,3,6-10,12-13H2,1H3,(H2,26,31)(H,27,32)(H,29,33)/t14-,17-,19-,24?/m0/s1. The van der Waals surface area contributed by atoms with Gasteiger partial charge in [-0.15, -0.1) is 0 Å². The molecular weight excluding hydrogens is 450 g/mol. The number of aliphatic hydroxyl groups excluding tert-OH is 1. The summed E-state index contributed by atoms with van der Waals surface area (Å²) in [6.45, 7) is 1.15. The van der Waals surface area contributed by atoms with Crippen LogP contribution in [0.2, 0.25) is 0 Å². The van der Waals surface area contributed by atoms with E-state index in [1.54, 1.807) is 7.11 Å². The molecule has 1 aliphatic carbocycles. The number of nitrogens with one attached hydrogen (secondary N) is 3. The van der Waals surface area contributed by atoms with Crippen LogP contribution in [0.4, 0.5) is 0 Å². The molecule has 1 aromatic heterocycles. The molecule has 1 unspecified atom stereocenters. The molecule has 3 aliphatic rings. The number of aliphatic hydroxyl groups is 1. The number of aromatic amines is 1. The van der Waals surface area contributed by atoms with Crippen molar-refractivity contribution in [2.45, 2.75) is 56.8 Å². The Morgan fingerprint density at radius 3 is 2.80 bits per heavy atom. The number of nitrogens with two attached hydrogens (primary N) is 1. The molecule has 1 saturated carbocycles. The summed E-state index contributed by atoms with van der Waals surface area (Å²) in [4.78, 5) is 42.7. The number of amides is 3. The smallest absolute Gasteiger partial charge is 0.240 e. The number of ether oxygens (including phenoxy) is 1. The Morgan fingerprint density at radius 2 is 2.17 bits per heavy atom. The first-order valence-electron chi connectivity index (χ1n) is 12.3. The van der Waals surface area contributed by atoms with Gasteiger partial charge in [-0.25, -0.2) is 0 Å². The number of nitrogens with zero attached hydrogens (tertiary/aromatic N) is 1. The first kappa shape index (κ1) is 23.6. The average Bonchev–Trinajstić information content (AvgIpc) is 3.54. The predicted octanol–water partition coefficient (Wildman–Crippen LogP) is 0.908. The van der Waals surface area contributed by atoms with E-state index in [1.165, 1.54) is 0 Å². The van der Waals surface area contributed by atoms with Gasteiger partial charge in [-0.05, 0) is 55.7 Å². The van der Waals surface area contributed by atoms with Crippen LogP contribution in [0, 0.1) is 11.3 Å². The Bertz CT molecular complexity index is 1140. The van der Waals surface area contributed by atoms with Crippen molar-refractivity contribution >= 4 is 28.6 Å². The molecule has 2 aliphatic heterocycles. The summed E-state index contributed by atoms with van der Waals surface area (Å²) in [5, 5.41) is 17.8. The second kappa shape index (κ2) is 9.16. The second-order valence-corrected chi connectivity index (χ2v) is 10.2. The number of carbonyl (C=O) groups is 3. The van der Waals surface area contributed by atoms with Crippen LogP contribution in [0.3, 0.4) is 0 Å². The molecule has 10 heteroatoms. The molecule has 0 bridgehead atoms. The van der Waals surface area contributed by atoms with Crippen molar-refractivity contribution in [3.63, 3.8) is 0 Å². The maximum atomic E-state index is 13.5. The van der Waals surface area contributed by atoms with Crippen molar-refractivity contribution in [3.8, 4) is 5.75 Å². The van der Waals surface area contributed by atoms with Crippen molar-refractivity contribution in [2.75, 3.05) is 20.2 Å². The topological polar surface area (TPSA) is 150 Å². The van der Waals surface area contributed by atoms with Gasteiger partial charge < -0.3 is 31.2 Å². The molecule has 3 amide bonds. The van der Waals surface area contributed by atoms with E-state index < -0.39 is 24.2 Å². The van der Waals surface area contributed by atoms with Crippen LogP contribution in [0.25, 0.3) is 10.9 Å². The minimum atomic E-state index is -1.03. The molecule has 2 saturated heterocycles. The monoisotopic (exact) mass is 483 g/mol. The number of H-pyrrole nitrogens is 1. The van der Waals surface area contributed by atoms with E-state index in [2.05, 4.69) is 15.6 Å². The van der Waals surface area contributed by atoms with Gasteiger partial charge in [0.2, 0.25) is 17.7 Å². The Hall–Kier alpha value is -3.11. The highest BCUT2D eigenvalue weighted by Crippen LogP contribution is 2.52. The third-order valence-corrected chi connectivity index (χ3v) is 8.06. The van der Waals surface area contributed by atoms with Crippen molar-refractivity contribution in [2.24, 2.45) is 17.1 Å². The molecule has 3 fully saturated rings. The minimum absolute atomic E-state index is 0.0136. The number of rotatable bonds is 8. The largest absolute Gasteiger partial charge is 0.496 e. The fourth-order valence-corrected chi connectivity index (χ4v) is 5.94. The van der Waals surface area contributed by atoms with Gasteiger partial charge in [-0.3, -0.25) is 19.3 Å². The molecule has 1 spiro atoms. The lowest BCUT2D eigenvalue weighted by atomic mass is 9.67. The Kier molecular flexibility index (Phi) is 6.18. The first-order chi connectivity index (χ1) is 16.8. The molecular formula is C25H33N5O5. The van der Waals surface area contributed by atoms with Crippen LogP contribution >= 0.6 is 0 Å². The van der Waals surface area contributed by atoms with E-state index >= 15 is 0 Å². The van der Waals surface area contributed by atoms with Gasteiger partial charge in [0.05, 0.1) is 18.8 Å². The van der Waals surface area contributed by atoms with E-state index in [0.717, 1.165) is 30.2 Å². The first-order valence-corrected chi connectivity index (χ1v) is 12.3. The maximum Gasteiger partial charge on any atom is 0.240 e. The fourth-order valence-electron chi connectivity index (χ4n) is 5.94. The third-order valence-electron chi connectivity index (χ3n) is 8.06. The van der Waals surface area contributed by atoms with Gasteiger partial charge >= 0.3 is 0 Å². The SMILES string of the molecule is COc1cccc2[nH]c(C(O)N3CC4(CCC4)C[C@H]3C(=O)N[C@@H](C[C@@H]3CCNC3=O)C(N)=O)cc12. The predicted molar refractivity (Wildman–Crippen MR) is 128 cm³/mol. The molecule has 3 heterocycles. The van der Waals surface area contributed by atoms with Crippen LogP contribution in [0.5, 0.6) is 5.75 Å². The van der Waals surface area contributed by atoms with Crippen molar-refractivity contribution in [1.29, 1.82) is 0 Å². The molecule has 1 aromatic carbocycles. The van der Waals surface area contributed by atoms with Crippen molar-refractivity contribution in [1.82, 2.24) is 20.5 Å². The number of fused-ring (bicyclic) bond motifs is 1. The number of hydrogen-bond acceptors (Lipinski definition) is 6. The van der Waals surface area contributed by atoms with Crippen molar-refractivity contribution in [3.05, 3.63) is 30.0 Å². The molecule has 4 atom stereocenters. The Balaban J connectivity index is 1.37. The summed E-state index contributed by atoms with van der Waals surface area (Å²) in [5.41, 5.74) is 6.99. The molecule has 0 radical (unpaired) electrons. The highest BCUT2D eigenvalue weighted by molar-refractivity contribution is 5.90. The summed E-state index contributed by atoms with van der Waals surface area (Å²) >= 11 is 0.